The van der Waals surface area contributed by atoms with E-state index in [0.29, 0.717) is 16.5 Å². The van der Waals surface area contributed by atoms with Gasteiger partial charge in [-0.2, -0.15) is 0 Å². The van der Waals surface area contributed by atoms with Crippen molar-refractivity contribution >= 4 is 40.4 Å². The molecule has 106 valence electrons. The lowest BCUT2D eigenvalue weighted by Crippen LogP contribution is -2.30. The summed E-state index contributed by atoms with van der Waals surface area (Å²) in [5.74, 6) is 0.0750. The predicted molar refractivity (Wildman–Crippen MR) is 85.7 cm³/mol. The van der Waals surface area contributed by atoms with Crippen molar-refractivity contribution in [2.75, 3.05) is 7.05 Å². The second-order valence-corrected chi connectivity index (χ2v) is 6.48. The van der Waals surface area contributed by atoms with Crippen LogP contribution in [0.1, 0.15) is 23.4 Å². The lowest BCUT2D eigenvalue weighted by atomic mass is 10.1. The highest BCUT2D eigenvalue weighted by molar-refractivity contribution is 7.10. The molecular formula is C15H15Cl2NOS. The minimum absolute atomic E-state index is 0.0750. The Morgan fingerprint density at radius 1 is 1.35 bits per heavy atom. The molecule has 1 aromatic heterocycles. The zero-order valence-electron chi connectivity index (χ0n) is 11.3. The van der Waals surface area contributed by atoms with Crippen molar-refractivity contribution in [3.05, 3.63) is 56.2 Å². The van der Waals surface area contributed by atoms with E-state index in [9.17, 15) is 4.79 Å². The van der Waals surface area contributed by atoms with Crippen LogP contribution in [0.5, 0.6) is 0 Å². The van der Waals surface area contributed by atoms with Crippen molar-refractivity contribution in [2.24, 2.45) is 0 Å². The van der Waals surface area contributed by atoms with Crippen LogP contribution in [0.25, 0.3) is 0 Å². The Morgan fingerprint density at radius 3 is 2.70 bits per heavy atom. The molecule has 0 radical (unpaired) electrons. The maximum absolute atomic E-state index is 12.3. The third kappa shape index (κ3) is 3.54. The molecule has 0 N–H and O–H groups in total. The topological polar surface area (TPSA) is 20.3 Å². The number of carbonyl (C=O) groups is 1. The number of nitrogens with zero attached hydrogens (tertiary/aromatic N) is 1. The van der Waals surface area contributed by atoms with Crippen LogP contribution in [0.3, 0.4) is 0 Å². The minimum atomic E-state index is -0.0905. The Balaban J connectivity index is 2.11. The molecular weight excluding hydrogens is 313 g/mol. The maximum atomic E-state index is 12.3. The van der Waals surface area contributed by atoms with E-state index in [1.807, 2.05) is 30.5 Å². The molecule has 0 unspecified atom stereocenters. The Morgan fingerprint density at radius 2 is 2.10 bits per heavy atom. The number of halogens is 2. The van der Waals surface area contributed by atoms with Crippen LogP contribution >= 0.6 is 34.5 Å². The highest BCUT2D eigenvalue weighted by Crippen LogP contribution is 2.29. The first-order valence-corrected chi connectivity index (χ1v) is 7.85. The second-order valence-electron chi connectivity index (χ2n) is 4.60. The minimum Gasteiger partial charge on any atom is -0.339 e. The number of hydrogen-bond donors (Lipinski definition) is 0. The molecule has 2 aromatic rings. The normalized spacial score (nSPS) is 12.2. The zero-order valence-corrected chi connectivity index (χ0v) is 13.6. The van der Waals surface area contributed by atoms with E-state index in [1.165, 1.54) is 0 Å². The summed E-state index contributed by atoms with van der Waals surface area (Å²) in [5, 5.41) is 3.15. The fourth-order valence-corrected chi connectivity index (χ4v) is 3.21. The smallest absolute Gasteiger partial charge is 0.228 e. The van der Waals surface area contributed by atoms with E-state index in [2.05, 4.69) is 0 Å². The Kier molecular flexibility index (Phi) is 5.08. The van der Waals surface area contributed by atoms with Gasteiger partial charge in [0.05, 0.1) is 12.5 Å². The van der Waals surface area contributed by atoms with Crippen LogP contribution in [0.4, 0.5) is 0 Å². The van der Waals surface area contributed by atoms with Crippen LogP contribution < -0.4 is 0 Å². The van der Waals surface area contributed by atoms with Crippen LogP contribution in [0.15, 0.2) is 35.7 Å². The van der Waals surface area contributed by atoms with E-state index in [-0.39, 0.29) is 11.9 Å². The molecule has 1 atom stereocenters. The molecule has 20 heavy (non-hydrogen) atoms. The van der Waals surface area contributed by atoms with Gasteiger partial charge in [-0.05, 0) is 36.1 Å². The van der Waals surface area contributed by atoms with E-state index < -0.39 is 0 Å². The van der Waals surface area contributed by atoms with Gasteiger partial charge in [0.1, 0.15) is 0 Å². The van der Waals surface area contributed by atoms with E-state index in [0.717, 1.165) is 10.4 Å². The van der Waals surface area contributed by atoms with Gasteiger partial charge in [-0.25, -0.2) is 0 Å². The fraction of sp³-hybridized carbons (Fsp3) is 0.267. The first kappa shape index (κ1) is 15.4. The number of likely N-dealkylation sites (N-methyl/N-ethyl adjacent to an activating group) is 1. The quantitative estimate of drug-likeness (QED) is 0.788. The fourth-order valence-electron chi connectivity index (χ4n) is 1.95. The summed E-state index contributed by atoms with van der Waals surface area (Å²) in [6.45, 7) is 1.96. The van der Waals surface area contributed by atoms with Gasteiger partial charge in [-0.3, -0.25) is 4.79 Å². The van der Waals surface area contributed by atoms with Gasteiger partial charge in [0.2, 0.25) is 5.91 Å². The molecule has 1 amide bonds. The summed E-state index contributed by atoms with van der Waals surface area (Å²) in [4.78, 5) is 15.0. The third-order valence-corrected chi connectivity index (χ3v) is 4.73. The number of benzene rings is 1. The number of amides is 1. The van der Waals surface area contributed by atoms with Crippen molar-refractivity contribution in [1.29, 1.82) is 0 Å². The van der Waals surface area contributed by atoms with Gasteiger partial charge in [0, 0.05) is 22.0 Å². The molecule has 0 aliphatic carbocycles. The molecule has 0 aliphatic heterocycles. The molecule has 0 saturated heterocycles. The molecule has 0 aliphatic rings. The average molecular weight is 328 g/mol. The molecule has 0 fully saturated rings. The summed E-state index contributed by atoms with van der Waals surface area (Å²) < 4.78 is 0. The maximum Gasteiger partial charge on any atom is 0.228 e. The van der Waals surface area contributed by atoms with Crippen molar-refractivity contribution in [2.45, 2.75) is 19.4 Å². The van der Waals surface area contributed by atoms with Crippen molar-refractivity contribution in [1.82, 2.24) is 4.90 Å². The molecule has 2 rings (SSSR count). The standard InChI is InChI=1S/C15H15Cl2NOS/c1-10(13-6-5-11(16)8-14(13)17)18(2)15(19)9-12-4-3-7-20-12/h3-8,10H,9H2,1-2H3/t10-/m1/s1. The summed E-state index contributed by atoms with van der Waals surface area (Å²) in [6.07, 6.45) is 0.420. The summed E-state index contributed by atoms with van der Waals surface area (Å²) in [7, 11) is 1.80. The highest BCUT2D eigenvalue weighted by Gasteiger charge is 2.20. The largest absolute Gasteiger partial charge is 0.339 e. The first-order chi connectivity index (χ1) is 9.49. The van der Waals surface area contributed by atoms with Gasteiger partial charge in [-0.15, -0.1) is 11.3 Å². The number of thiophene rings is 1. The Labute approximate surface area is 132 Å². The lowest BCUT2D eigenvalue weighted by Gasteiger charge is -2.26. The molecule has 1 aromatic carbocycles. The van der Waals surface area contributed by atoms with Gasteiger partial charge in [0.15, 0.2) is 0 Å². The summed E-state index contributed by atoms with van der Waals surface area (Å²) >= 11 is 13.7. The Hall–Kier alpha value is -1.03. The molecule has 0 spiro atoms. The van der Waals surface area contributed by atoms with Crippen LogP contribution in [0, 0.1) is 0 Å². The number of rotatable bonds is 4. The summed E-state index contributed by atoms with van der Waals surface area (Å²) in [6, 6.07) is 9.18. The Bertz CT molecular complexity index is 598. The highest BCUT2D eigenvalue weighted by atomic mass is 35.5. The van der Waals surface area contributed by atoms with Crippen molar-refractivity contribution in [3.8, 4) is 0 Å². The van der Waals surface area contributed by atoms with Gasteiger partial charge < -0.3 is 4.90 Å². The van der Waals surface area contributed by atoms with Gasteiger partial charge >= 0.3 is 0 Å². The van der Waals surface area contributed by atoms with Gasteiger partial charge in [-0.1, -0.05) is 35.3 Å². The van der Waals surface area contributed by atoms with E-state index >= 15 is 0 Å². The lowest BCUT2D eigenvalue weighted by molar-refractivity contribution is -0.131. The van der Waals surface area contributed by atoms with Crippen LogP contribution in [0.2, 0.25) is 10.0 Å². The second kappa shape index (κ2) is 6.61. The monoisotopic (exact) mass is 327 g/mol. The molecule has 0 bridgehead atoms. The first-order valence-electron chi connectivity index (χ1n) is 6.22. The molecule has 1 heterocycles. The number of carbonyl (C=O) groups excluding carboxylic acids is 1. The summed E-state index contributed by atoms with van der Waals surface area (Å²) in [5.41, 5.74) is 0.901. The third-order valence-electron chi connectivity index (χ3n) is 3.29. The predicted octanol–water partition coefficient (Wildman–Crippen LogP) is 4.82. The van der Waals surface area contributed by atoms with Crippen molar-refractivity contribution in [3.63, 3.8) is 0 Å². The van der Waals surface area contributed by atoms with Crippen LogP contribution in [-0.4, -0.2) is 17.9 Å². The molecule has 2 nitrogen and oxygen atoms in total. The SMILES string of the molecule is C[C@H](c1ccc(Cl)cc1Cl)N(C)C(=O)Cc1cccs1. The average Bonchev–Trinajstić information content (AvgIpc) is 2.90. The number of hydrogen-bond acceptors (Lipinski definition) is 2. The van der Waals surface area contributed by atoms with Crippen molar-refractivity contribution < 1.29 is 4.79 Å². The van der Waals surface area contributed by atoms with E-state index in [1.54, 1.807) is 35.4 Å². The van der Waals surface area contributed by atoms with Gasteiger partial charge in [0.25, 0.3) is 0 Å². The molecule has 5 heteroatoms. The van der Waals surface area contributed by atoms with Crippen LogP contribution in [-0.2, 0) is 11.2 Å². The molecule has 0 saturated carbocycles. The zero-order chi connectivity index (χ0) is 14.7. The van der Waals surface area contributed by atoms with E-state index in [4.69, 9.17) is 23.2 Å².